The lowest BCUT2D eigenvalue weighted by Gasteiger charge is -2.55. The summed E-state index contributed by atoms with van der Waals surface area (Å²) < 4.78 is 11.3. The van der Waals surface area contributed by atoms with E-state index in [1.54, 1.807) is 24.3 Å². The van der Waals surface area contributed by atoms with Gasteiger partial charge < -0.3 is 9.15 Å². The third-order valence-corrected chi connectivity index (χ3v) is 6.90. The number of ketones is 1. The Kier molecular flexibility index (Phi) is 4.41. The summed E-state index contributed by atoms with van der Waals surface area (Å²) in [5.74, 6) is 0.782. The summed E-state index contributed by atoms with van der Waals surface area (Å²) in [6.07, 6.45) is 6.59. The number of nitrogens with zero attached hydrogens (tertiary/aromatic N) is 2. The first-order valence-corrected chi connectivity index (χ1v) is 10.3. The van der Waals surface area contributed by atoms with Gasteiger partial charge in [-0.2, -0.15) is 4.68 Å². The van der Waals surface area contributed by atoms with Crippen molar-refractivity contribution in [3.05, 3.63) is 40.9 Å². The molecule has 0 aliphatic heterocycles. The lowest BCUT2D eigenvalue weighted by molar-refractivity contribution is -0.158. The molecule has 0 saturated heterocycles. The van der Waals surface area contributed by atoms with E-state index in [0.717, 1.165) is 23.9 Å². The van der Waals surface area contributed by atoms with Crippen LogP contribution in [0.1, 0.15) is 38.5 Å². The first-order chi connectivity index (χ1) is 14.0. The largest absolute Gasteiger partial charge is 0.456 e. The fourth-order valence-electron chi connectivity index (χ4n) is 6.02. The summed E-state index contributed by atoms with van der Waals surface area (Å²) in [4.78, 5) is 37.1. The Morgan fingerprint density at radius 3 is 2.31 bits per heavy atom. The lowest BCUT2D eigenvalue weighted by Crippen LogP contribution is -2.51. The molecule has 4 bridgehead atoms. The molecule has 0 spiro atoms. The highest BCUT2D eigenvalue weighted by molar-refractivity contribution is 5.88. The normalized spacial score (nSPS) is 29.7. The third-order valence-electron chi connectivity index (χ3n) is 6.90. The molecule has 1 aromatic heterocycles. The molecule has 7 nitrogen and oxygen atoms in total. The molecule has 1 heterocycles. The van der Waals surface area contributed by atoms with Crippen LogP contribution in [0.5, 0.6) is 0 Å². The summed E-state index contributed by atoms with van der Waals surface area (Å²) >= 11 is 0. The predicted molar refractivity (Wildman–Crippen MR) is 103 cm³/mol. The van der Waals surface area contributed by atoms with Crippen LogP contribution >= 0.6 is 0 Å². The van der Waals surface area contributed by atoms with Gasteiger partial charge in [-0.3, -0.25) is 9.59 Å². The van der Waals surface area contributed by atoms with Gasteiger partial charge in [-0.15, -0.1) is 5.10 Å². The Balaban J connectivity index is 1.20. The van der Waals surface area contributed by atoms with Crippen LogP contribution < -0.4 is 5.76 Å². The summed E-state index contributed by atoms with van der Waals surface area (Å²) in [7, 11) is 0. The van der Waals surface area contributed by atoms with Crippen LogP contribution in [0.25, 0.3) is 11.5 Å². The zero-order chi connectivity index (χ0) is 20.0. The summed E-state index contributed by atoms with van der Waals surface area (Å²) in [5.41, 5.74) is 0.356. The standard InChI is InChI=1S/C22H24N2O5/c25-18(22-9-14-6-15(10-22)8-16(7-14)11-22)13-28-19(26)12-24-21(27)29-20(23-24)17-4-2-1-3-5-17/h1-5,14-16H,6-13H2. The first kappa shape index (κ1) is 18.3. The Hall–Kier alpha value is -2.70. The van der Waals surface area contributed by atoms with E-state index >= 15 is 0 Å². The molecule has 0 amide bonds. The van der Waals surface area contributed by atoms with Crippen molar-refractivity contribution in [1.29, 1.82) is 0 Å². The van der Waals surface area contributed by atoms with E-state index < -0.39 is 11.7 Å². The van der Waals surface area contributed by atoms with Gasteiger partial charge >= 0.3 is 11.7 Å². The number of Topliss-reactive ketones (excluding diaryl/α,β-unsaturated/α-hetero) is 1. The molecule has 0 radical (unpaired) electrons. The molecule has 0 N–H and O–H groups in total. The Labute approximate surface area is 168 Å². The lowest BCUT2D eigenvalue weighted by atomic mass is 9.48. The minimum absolute atomic E-state index is 0.0439. The molecule has 6 rings (SSSR count). The van der Waals surface area contributed by atoms with Crippen molar-refractivity contribution in [2.45, 2.75) is 45.1 Å². The highest BCUT2D eigenvalue weighted by atomic mass is 16.5. The Bertz CT molecular complexity index is 955. The van der Waals surface area contributed by atoms with Gasteiger partial charge in [-0.25, -0.2) is 4.79 Å². The van der Waals surface area contributed by atoms with E-state index in [9.17, 15) is 14.4 Å². The molecule has 4 fully saturated rings. The van der Waals surface area contributed by atoms with Gasteiger partial charge in [0.2, 0.25) is 5.89 Å². The van der Waals surface area contributed by atoms with Crippen molar-refractivity contribution in [3.63, 3.8) is 0 Å². The number of rotatable bonds is 6. The summed E-state index contributed by atoms with van der Waals surface area (Å²) in [6.45, 7) is -0.591. The van der Waals surface area contributed by atoms with Crippen molar-refractivity contribution >= 4 is 11.8 Å². The third kappa shape index (κ3) is 3.43. The summed E-state index contributed by atoms with van der Waals surface area (Å²) in [6, 6.07) is 8.98. The highest BCUT2D eigenvalue weighted by Crippen LogP contribution is 2.60. The topological polar surface area (TPSA) is 91.4 Å². The molecule has 7 heteroatoms. The number of benzene rings is 1. The molecule has 0 unspecified atom stereocenters. The van der Waals surface area contributed by atoms with Gasteiger partial charge in [0, 0.05) is 11.0 Å². The second-order valence-electron chi connectivity index (χ2n) is 8.98. The monoisotopic (exact) mass is 396 g/mol. The number of hydrogen-bond donors (Lipinski definition) is 0. The molecular weight excluding hydrogens is 372 g/mol. The number of carbonyl (C=O) groups is 2. The minimum Gasteiger partial charge on any atom is -0.456 e. The average Bonchev–Trinajstić information content (AvgIpc) is 3.06. The number of ether oxygens (including phenoxy) is 1. The highest BCUT2D eigenvalue weighted by Gasteiger charge is 2.54. The van der Waals surface area contributed by atoms with Gasteiger partial charge in [0.15, 0.2) is 12.4 Å². The van der Waals surface area contributed by atoms with E-state index in [4.69, 9.17) is 9.15 Å². The van der Waals surface area contributed by atoms with E-state index in [2.05, 4.69) is 5.10 Å². The van der Waals surface area contributed by atoms with Crippen LogP contribution in [0.3, 0.4) is 0 Å². The second kappa shape index (κ2) is 6.97. The maximum Gasteiger partial charge on any atom is 0.437 e. The van der Waals surface area contributed by atoms with Gasteiger partial charge in [0.1, 0.15) is 6.54 Å². The molecule has 152 valence electrons. The van der Waals surface area contributed by atoms with Crippen LogP contribution in [0.15, 0.2) is 39.5 Å². The van der Waals surface area contributed by atoms with Crippen LogP contribution in [-0.2, 0) is 20.9 Å². The number of carbonyl (C=O) groups excluding carboxylic acids is 2. The van der Waals surface area contributed by atoms with Crippen molar-refractivity contribution < 1.29 is 18.7 Å². The Morgan fingerprint density at radius 2 is 1.69 bits per heavy atom. The number of esters is 1. The van der Waals surface area contributed by atoms with E-state index in [1.165, 1.54) is 19.3 Å². The number of hydrogen-bond acceptors (Lipinski definition) is 6. The molecule has 4 aliphatic rings. The SMILES string of the molecule is O=C(Cn1nc(-c2ccccc2)oc1=O)OCC(=O)C12CC3CC(CC(C3)C1)C2. The molecule has 4 aliphatic carbocycles. The van der Waals surface area contributed by atoms with Gasteiger partial charge in [-0.1, -0.05) is 18.2 Å². The predicted octanol–water partition coefficient (Wildman–Crippen LogP) is 2.83. The minimum atomic E-state index is -0.729. The molecular formula is C22H24N2O5. The average molecular weight is 396 g/mol. The van der Waals surface area contributed by atoms with Gasteiger partial charge in [-0.05, 0) is 68.4 Å². The van der Waals surface area contributed by atoms with Crippen LogP contribution in [0.4, 0.5) is 0 Å². The Morgan fingerprint density at radius 1 is 1.07 bits per heavy atom. The zero-order valence-corrected chi connectivity index (χ0v) is 16.2. The van der Waals surface area contributed by atoms with Crippen LogP contribution in [0.2, 0.25) is 0 Å². The number of aromatic nitrogens is 2. The second-order valence-corrected chi connectivity index (χ2v) is 8.98. The molecule has 2 aromatic rings. The van der Waals surface area contributed by atoms with Crippen molar-refractivity contribution in [2.75, 3.05) is 6.61 Å². The quantitative estimate of drug-likeness (QED) is 0.698. The summed E-state index contributed by atoms with van der Waals surface area (Å²) in [5, 5.41) is 4.05. The molecule has 1 aromatic carbocycles. The van der Waals surface area contributed by atoms with Gasteiger partial charge in [0.05, 0.1) is 0 Å². The van der Waals surface area contributed by atoms with Gasteiger partial charge in [0.25, 0.3) is 0 Å². The maximum atomic E-state index is 12.9. The van der Waals surface area contributed by atoms with Crippen molar-refractivity contribution in [3.8, 4) is 11.5 Å². The first-order valence-electron chi connectivity index (χ1n) is 10.3. The van der Waals surface area contributed by atoms with Crippen LogP contribution in [0, 0.1) is 23.2 Å². The molecule has 4 saturated carbocycles. The fraction of sp³-hybridized carbons (Fsp3) is 0.545. The zero-order valence-electron chi connectivity index (χ0n) is 16.2. The van der Waals surface area contributed by atoms with Crippen molar-refractivity contribution in [2.24, 2.45) is 23.2 Å². The van der Waals surface area contributed by atoms with E-state index in [-0.39, 0.29) is 30.2 Å². The van der Waals surface area contributed by atoms with Crippen molar-refractivity contribution in [1.82, 2.24) is 9.78 Å². The fourth-order valence-corrected chi connectivity index (χ4v) is 6.02. The van der Waals surface area contributed by atoms with E-state index in [1.807, 2.05) is 6.07 Å². The van der Waals surface area contributed by atoms with Crippen LogP contribution in [-0.4, -0.2) is 28.1 Å². The smallest absolute Gasteiger partial charge is 0.437 e. The maximum absolute atomic E-state index is 12.9. The van der Waals surface area contributed by atoms with E-state index in [0.29, 0.717) is 23.3 Å². The molecule has 0 atom stereocenters. The molecule has 29 heavy (non-hydrogen) atoms.